The molecule has 0 aliphatic rings. The van der Waals surface area contributed by atoms with Crippen LogP contribution in [0, 0.1) is 0 Å². The Kier molecular flexibility index (Phi) is 3.62. The molecule has 0 saturated carbocycles. The molecule has 0 spiro atoms. The van der Waals surface area contributed by atoms with E-state index in [-0.39, 0.29) is 6.61 Å². The van der Waals surface area contributed by atoms with Gasteiger partial charge in [0.05, 0.1) is 11.4 Å². The summed E-state index contributed by atoms with van der Waals surface area (Å²) >= 11 is 0. The van der Waals surface area contributed by atoms with Crippen LogP contribution in [0.5, 0.6) is 0 Å². The van der Waals surface area contributed by atoms with Gasteiger partial charge in [0.1, 0.15) is 0 Å². The average Bonchev–Trinajstić information content (AvgIpc) is 2.35. The fraction of sp³-hybridized carbons (Fsp3) is 0.143. The van der Waals surface area contributed by atoms with E-state index in [1.165, 1.54) is 0 Å². The van der Waals surface area contributed by atoms with Crippen molar-refractivity contribution in [1.82, 2.24) is 0 Å². The zero-order valence-electron chi connectivity index (χ0n) is 9.56. The Labute approximate surface area is 101 Å². The van der Waals surface area contributed by atoms with E-state index < -0.39 is 0 Å². The van der Waals surface area contributed by atoms with Crippen LogP contribution in [0.1, 0.15) is 5.56 Å². The zero-order chi connectivity index (χ0) is 12.1. The highest BCUT2D eigenvalue weighted by Crippen LogP contribution is 2.22. The van der Waals surface area contributed by atoms with E-state index in [1.54, 1.807) is 0 Å². The van der Waals surface area contributed by atoms with E-state index >= 15 is 0 Å². The molecule has 0 amide bonds. The van der Waals surface area contributed by atoms with Crippen LogP contribution in [-0.2, 0) is 6.42 Å². The molecule has 0 heterocycles. The molecule has 0 radical (unpaired) electrons. The Morgan fingerprint density at radius 1 is 1.00 bits per heavy atom. The Morgan fingerprint density at radius 2 is 1.71 bits per heavy atom. The summed E-state index contributed by atoms with van der Waals surface area (Å²) in [4.78, 5) is 0. The van der Waals surface area contributed by atoms with Crippen molar-refractivity contribution in [3.8, 4) is 0 Å². The van der Waals surface area contributed by atoms with Gasteiger partial charge in [-0.25, -0.2) is 0 Å². The number of aliphatic hydroxyl groups is 1. The number of nitrogen functional groups attached to an aromatic ring is 1. The molecular weight excluding hydrogens is 212 g/mol. The van der Waals surface area contributed by atoms with E-state index in [9.17, 15) is 0 Å². The van der Waals surface area contributed by atoms with Gasteiger partial charge in [0.25, 0.3) is 0 Å². The fourth-order valence-corrected chi connectivity index (χ4v) is 1.65. The average molecular weight is 228 g/mol. The Balaban J connectivity index is 2.11. The van der Waals surface area contributed by atoms with Crippen molar-refractivity contribution in [2.24, 2.45) is 0 Å². The van der Waals surface area contributed by atoms with Crippen molar-refractivity contribution in [1.29, 1.82) is 0 Å². The summed E-state index contributed by atoms with van der Waals surface area (Å²) in [6.45, 7) is 0.179. The molecule has 0 saturated heterocycles. The fourth-order valence-electron chi connectivity index (χ4n) is 1.65. The van der Waals surface area contributed by atoms with Gasteiger partial charge in [-0.05, 0) is 36.2 Å². The third kappa shape index (κ3) is 2.98. The van der Waals surface area contributed by atoms with E-state index in [2.05, 4.69) is 5.32 Å². The van der Waals surface area contributed by atoms with Gasteiger partial charge in [-0.15, -0.1) is 0 Å². The normalized spacial score (nSPS) is 10.2. The molecule has 0 aliphatic heterocycles. The summed E-state index contributed by atoms with van der Waals surface area (Å²) in [6.07, 6.45) is 0.688. The number of benzene rings is 2. The molecule has 2 aromatic carbocycles. The molecule has 3 nitrogen and oxygen atoms in total. The molecule has 2 aromatic rings. The molecule has 0 unspecified atom stereocenters. The second-order valence-electron chi connectivity index (χ2n) is 3.88. The SMILES string of the molecule is Nc1ccccc1Nc1ccc(CCO)cc1. The first-order valence-electron chi connectivity index (χ1n) is 5.61. The van der Waals surface area contributed by atoms with Gasteiger partial charge in [-0.3, -0.25) is 0 Å². The topological polar surface area (TPSA) is 58.3 Å². The molecule has 0 fully saturated rings. The number of rotatable bonds is 4. The lowest BCUT2D eigenvalue weighted by molar-refractivity contribution is 0.299. The number of aliphatic hydroxyl groups excluding tert-OH is 1. The molecule has 0 bridgehead atoms. The van der Waals surface area contributed by atoms with Crippen LogP contribution in [0.25, 0.3) is 0 Å². The minimum absolute atomic E-state index is 0.179. The predicted molar refractivity (Wildman–Crippen MR) is 71.4 cm³/mol. The summed E-state index contributed by atoms with van der Waals surface area (Å²) < 4.78 is 0. The van der Waals surface area contributed by atoms with Crippen LogP contribution in [-0.4, -0.2) is 11.7 Å². The third-order valence-corrected chi connectivity index (χ3v) is 2.59. The van der Waals surface area contributed by atoms with Crippen LogP contribution in [0.2, 0.25) is 0 Å². The summed E-state index contributed by atoms with van der Waals surface area (Å²) in [7, 11) is 0. The summed E-state index contributed by atoms with van der Waals surface area (Å²) in [5, 5.41) is 12.1. The van der Waals surface area contributed by atoms with Gasteiger partial charge >= 0.3 is 0 Å². The maximum atomic E-state index is 8.83. The van der Waals surface area contributed by atoms with Crippen molar-refractivity contribution in [3.63, 3.8) is 0 Å². The van der Waals surface area contributed by atoms with E-state index in [0.29, 0.717) is 6.42 Å². The highest BCUT2D eigenvalue weighted by atomic mass is 16.2. The van der Waals surface area contributed by atoms with Crippen molar-refractivity contribution >= 4 is 17.1 Å². The van der Waals surface area contributed by atoms with Gasteiger partial charge < -0.3 is 16.2 Å². The van der Waals surface area contributed by atoms with Crippen LogP contribution < -0.4 is 11.1 Å². The maximum absolute atomic E-state index is 8.83. The van der Waals surface area contributed by atoms with Crippen molar-refractivity contribution < 1.29 is 5.11 Å². The molecule has 0 aromatic heterocycles. The van der Waals surface area contributed by atoms with Crippen molar-refractivity contribution in [3.05, 3.63) is 54.1 Å². The molecule has 0 atom stereocenters. The minimum atomic E-state index is 0.179. The molecule has 88 valence electrons. The van der Waals surface area contributed by atoms with Gasteiger partial charge in [0, 0.05) is 12.3 Å². The van der Waals surface area contributed by atoms with Crippen LogP contribution >= 0.6 is 0 Å². The second kappa shape index (κ2) is 5.37. The number of anilines is 3. The zero-order valence-corrected chi connectivity index (χ0v) is 9.56. The number of nitrogens with two attached hydrogens (primary N) is 1. The molecule has 3 heteroatoms. The molecule has 17 heavy (non-hydrogen) atoms. The highest BCUT2D eigenvalue weighted by molar-refractivity contribution is 5.72. The Morgan fingerprint density at radius 3 is 2.35 bits per heavy atom. The standard InChI is InChI=1S/C14H16N2O/c15-13-3-1-2-4-14(13)16-12-7-5-11(6-8-12)9-10-17/h1-8,16-17H,9-10,15H2. The lowest BCUT2D eigenvalue weighted by atomic mass is 10.1. The number of nitrogens with one attached hydrogen (secondary N) is 1. The lowest BCUT2D eigenvalue weighted by Crippen LogP contribution is -1.96. The second-order valence-corrected chi connectivity index (χ2v) is 3.88. The van der Waals surface area contributed by atoms with Gasteiger partial charge in [0.15, 0.2) is 0 Å². The summed E-state index contributed by atoms with van der Waals surface area (Å²) in [6, 6.07) is 15.6. The van der Waals surface area contributed by atoms with Crippen molar-refractivity contribution in [2.75, 3.05) is 17.7 Å². The lowest BCUT2D eigenvalue weighted by Gasteiger charge is -2.09. The Hall–Kier alpha value is -2.00. The number of hydrogen-bond donors (Lipinski definition) is 3. The maximum Gasteiger partial charge on any atom is 0.0617 e. The number of hydrogen-bond acceptors (Lipinski definition) is 3. The first kappa shape index (κ1) is 11.5. The largest absolute Gasteiger partial charge is 0.397 e. The minimum Gasteiger partial charge on any atom is -0.397 e. The first-order chi connectivity index (χ1) is 8.29. The smallest absolute Gasteiger partial charge is 0.0617 e. The van der Waals surface area contributed by atoms with Gasteiger partial charge in [-0.1, -0.05) is 24.3 Å². The highest BCUT2D eigenvalue weighted by Gasteiger charge is 1.98. The molecule has 4 N–H and O–H groups in total. The quantitative estimate of drug-likeness (QED) is 0.705. The van der Waals surface area contributed by atoms with E-state index in [0.717, 1.165) is 22.6 Å². The van der Waals surface area contributed by atoms with E-state index in [4.69, 9.17) is 10.8 Å². The van der Waals surface area contributed by atoms with Gasteiger partial charge in [0.2, 0.25) is 0 Å². The van der Waals surface area contributed by atoms with Crippen molar-refractivity contribution in [2.45, 2.75) is 6.42 Å². The molecule has 0 aliphatic carbocycles. The summed E-state index contributed by atoms with van der Waals surface area (Å²) in [5.74, 6) is 0. The molecular formula is C14H16N2O. The first-order valence-corrected chi connectivity index (χ1v) is 5.61. The Bertz CT molecular complexity index is 480. The molecule has 2 rings (SSSR count). The van der Waals surface area contributed by atoms with Crippen LogP contribution in [0.3, 0.4) is 0 Å². The monoisotopic (exact) mass is 228 g/mol. The van der Waals surface area contributed by atoms with Crippen LogP contribution in [0.4, 0.5) is 17.1 Å². The summed E-state index contributed by atoms with van der Waals surface area (Å²) in [5.41, 5.74) is 9.60. The van der Waals surface area contributed by atoms with Crippen LogP contribution in [0.15, 0.2) is 48.5 Å². The number of para-hydroxylation sites is 2. The predicted octanol–water partition coefficient (Wildman–Crippen LogP) is 2.55. The third-order valence-electron chi connectivity index (χ3n) is 2.59. The van der Waals surface area contributed by atoms with Gasteiger partial charge in [-0.2, -0.15) is 0 Å². The van der Waals surface area contributed by atoms with E-state index in [1.807, 2.05) is 48.5 Å².